The van der Waals surface area contributed by atoms with Crippen molar-refractivity contribution in [3.63, 3.8) is 0 Å². The summed E-state index contributed by atoms with van der Waals surface area (Å²) in [6, 6.07) is 7.44. The van der Waals surface area contributed by atoms with Crippen LogP contribution in [0.5, 0.6) is 0 Å². The third kappa shape index (κ3) is 1.29. The van der Waals surface area contributed by atoms with Crippen LogP contribution in [-0.4, -0.2) is 21.5 Å². The van der Waals surface area contributed by atoms with Crippen LogP contribution >= 0.6 is 0 Å². The Labute approximate surface area is 81.9 Å². The van der Waals surface area contributed by atoms with Gasteiger partial charge in [0.15, 0.2) is 0 Å². The van der Waals surface area contributed by atoms with Crippen molar-refractivity contribution in [2.24, 2.45) is 12.8 Å². The van der Waals surface area contributed by atoms with Gasteiger partial charge in [-0.3, -0.25) is 4.68 Å². The third-order valence-corrected chi connectivity index (χ3v) is 2.33. The summed E-state index contributed by atoms with van der Waals surface area (Å²) in [4.78, 5) is 0. The summed E-state index contributed by atoms with van der Waals surface area (Å²) in [6.45, 7) is -0.0823. The smallest absolute Gasteiger partial charge is 0.0893 e. The largest absolute Gasteiger partial charge is 0.394 e. The summed E-state index contributed by atoms with van der Waals surface area (Å²) >= 11 is 0. The highest BCUT2D eigenvalue weighted by atomic mass is 16.3. The number of aliphatic hydroxyl groups is 1. The van der Waals surface area contributed by atoms with Gasteiger partial charge in [0, 0.05) is 12.4 Å². The zero-order valence-electron chi connectivity index (χ0n) is 8.01. The van der Waals surface area contributed by atoms with E-state index in [9.17, 15) is 0 Å². The highest BCUT2D eigenvalue weighted by Crippen LogP contribution is 2.21. The molecule has 4 nitrogen and oxygen atoms in total. The van der Waals surface area contributed by atoms with Crippen LogP contribution in [0, 0.1) is 0 Å². The van der Waals surface area contributed by atoms with Crippen LogP contribution in [0.25, 0.3) is 10.9 Å². The molecule has 0 amide bonds. The number of nitrogens with two attached hydrogens (primary N) is 1. The number of fused-ring (bicyclic) bond motifs is 1. The Bertz CT molecular complexity index is 450. The van der Waals surface area contributed by atoms with Gasteiger partial charge < -0.3 is 10.8 Å². The molecule has 1 heterocycles. The Kier molecular flexibility index (Phi) is 2.23. The maximum absolute atomic E-state index is 8.98. The molecule has 0 aliphatic heterocycles. The molecule has 0 aliphatic rings. The molecule has 0 fully saturated rings. The van der Waals surface area contributed by atoms with Crippen molar-refractivity contribution in [3.05, 3.63) is 30.0 Å². The molecule has 0 saturated carbocycles. The summed E-state index contributed by atoms with van der Waals surface area (Å²) in [5.41, 5.74) is 7.54. The molecule has 2 rings (SSSR count). The molecule has 1 atom stereocenters. The van der Waals surface area contributed by atoms with Gasteiger partial charge in [0.25, 0.3) is 0 Å². The van der Waals surface area contributed by atoms with Crippen molar-refractivity contribution in [1.82, 2.24) is 9.78 Å². The highest BCUT2D eigenvalue weighted by molar-refractivity contribution is 5.82. The molecule has 0 bridgehead atoms. The van der Waals surface area contributed by atoms with E-state index < -0.39 is 6.04 Å². The molecule has 0 unspecified atom stereocenters. The van der Waals surface area contributed by atoms with E-state index >= 15 is 0 Å². The molecule has 4 heteroatoms. The van der Waals surface area contributed by atoms with Gasteiger partial charge in [0.1, 0.15) is 0 Å². The van der Waals surface area contributed by atoms with Crippen molar-refractivity contribution in [1.29, 1.82) is 0 Å². The zero-order valence-corrected chi connectivity index (χ0v) is 8.01. The fourth-order valence-corrected chi connectivity index (χ4v) is 1.60. The van der Waals surface area contributed by atoms with Crippen molar-refractivity contribution >= 4 is 10.9 Å². The minimum absolute atomic E-state index is 0.0823. The minimum Gasteiger partial charge on any atom is -0.394 e. The quantitative estimate of drug-likeness (QED) is 0.729. The van der Waals surface area contributed by atoms with Crippen molar-refractivity contribution in [3.8, 4) is 0 Å². The van der Waals surface area contributed by atoms with Gasteiger partial charge in [-0.05, 0) is 6.07 Å². The van der Waals surface area contributed by atoms with Crippen LogP contribution in [0.3, 0.4) is 0 Å². The molecule has 3 N–H and O–H groups in total. The summed E-state index contributed by atoms with van der Waals surface area (Å²) in [7, 11) is 1.87. The minimum atomic E-state index is -0.402. The van der Waals surface area contributed by atoms with E-state index in [1.54, 1.807) is 4.68 Å². The molecule has 0 aliphatic carbocycles. The first kappa shape index (κ1) is 9.18. The molecule has 0 spiro atoms. The lowest BCUT2D eigenvalue weighted by atomic mass is 10.1. The molecule has 0 saturated heterocycles. The van der Waals surface area contributed by atoms with Gasteiger partial charge in [-0.2, -0.15) is 5.10 Å². The molecular formula is C10H13N3O. The number of aliphatic hydroxyl groups excluding tert-OH is 1. The number of para-hydroxylation sites is 1. The normalized spacial score (nSPS) is 13.4. The Morgan fingerprint density at radius 3 is 2.93 bits per heavy atom. The summed E-state index contributed by atoms with van der Waals surface area (Å²) in [5, 5.41) is 14.3. The number of hydrogen-bond acceptors (Lipinski definition) is 3. The van der Waals surface area contributed by atoms with Crippen molar-refractivity contribution < 1.29 is 5.11 Å². The van der Waals surface area contributed by atoms with Crippen molar-refractivity contribution in [2.75, 3.05) is 6.61 Å². The first-order valence-electron chi connectivity index (χ1n) is 4.52. The van der Waals surface area contributed by atoms with Crippen molar-refractivity contribution in [2.45, 2.75) is 6.04 Å². The van der Waals surface area contributed by atoms with Crippen LogP contribution in [0.4, 0.5) is 0 Å². The van der Waals surface area contributed by atoms with Crippen LogP contribution in [0.15, 0.2) is 24.3 Å². The maximum Gasteiger partial charge on any atom is 0.0893 e. The monoisotopic (exact) mass is 191 g/mol. The van der Waals surface area contributed by atoms with Crippen LogP contribution in [0.2, 0.25) is 0 Å². The van der Waals surface area contributed by atoms with Gasteiger partial charge in [-0.15, -0.1) is 0 Å². The average Bonchev–Trinajstić information content (AvgIpc) is 2.56. The number of benzene rings is 1. The van der Waals surface area contributed by atoms with Gasteiger partial charge in [-0.1, -0.05) is 18.2 Å². The molecule has 1 aromatic heterocycles. The summed E-state index contributed by atoms with van der Waals surface area (Å²) in [6.07, 6.45) is 0. The van der Waals surface area contributed by atoms with Gasteiger partial charge >= 0.3 is 0 Å². The highest BCUT2D eigenvalue weighted by Gasteiger charge is 2.13. The zero-order chi connectivity index (χ0) is 10.1. The van der Waals surface area contributed by atoms with E-state index in [4.69, 9.17) is 10.8 Å². The maximum atomic E-state index is 8.98. The second-order valence-corrected chi connectivity index (χ2v) is 3.32. The van der Waals surface area contributed by atoms with E-state index in [2.05, 4.69) is 5.10 Å². The molecular weight excluding hydrogens is 178 g/mol. The number of nitrogens with zero attached hydrogens (tertiary/aromatic N) is 2. The molecule has 2 aromatic rings. The van der Waals surface area contributed by atoms with Gasteiger partial charge in [0.2, 0.25) is 0 Å². The van der Waals surface area contributed by atoms with Crippen LogP contribution in [-0.2, 0) is 7.05 Å². The van der Waals surface area contributed by atoms with E-state index in [-0.39, 0.29) is 6.61 Å². The fraction of sp³-hybridized carbons (Fsp3) is 0.300. The number of rotatable bonds is 2. The van der Waals surface area contributed by atoms with Gasteiger partial charge in [0.05, 0.1) is 23.9 Å². The Morgan fingerprint density at radius 2 is 2.21 bits per heavy atom. The van der Waals surface area contributed by atoms with E-state index in [1.165, 1.54) is 0 Å². The summed E-state index contributed by atoms with van der Waals surface area (Å²) in [5.74, 6) is 0. The van der Waals surface area contributed by atoms with E-state index in [1.807, 2.05) is 31.3 Å². The average molecular weight is 191 g/mol. The predicted molar refractivity (Wildman–Crippen MR) is 54.7 cm³/mol. The number of aromatic nitrogens is 2. The second-order valence-electron chi connectivity index (χ2n) is 3.32. The standard InChI is InChI=1S/C10H13N3O/c1-13-9-5-3-2-4-7(9)10(12-13)8(11)6-14/h2-5,8,14H,6,11H2,1H3/t8-/m1/s1. The van der Waals surface area contributed by atoms with Crippen LogP contribution < -0.4 is 5.73 Å². The lowest BCUT2D eigenvalue weighted by Gasteiger charge is -2.03. The molecule has 1 aromatic carbocycles. The summed E-state index contributed by atoms with van der Waals surface area (Å²) < 4.78 is 1.78. The Morgan fingerprint density at radius 1 is 1.50 bits per heavy atom. The Balaban J connectivity index is 2.66. The molecule has 74 valence electrons. The predicted octanol–water partition coefficient (Wildman–Crippen LogP) is 0.565. The SMILES string of the molecule is Cn1nc([C@H](N)CO)c2ccccc21. The Hall–Kier alpha value is -1.39. The fourth-order valence-electron chi connectivity index (χ4n) is 1.60. The first-order chi connectivity index (χ1) is 6.74. The van der Waals surface area contributed by atoms with E-state index in [0.717, 1.165) is 16.6 Å². The molecule has 0 radical (unpaired) electrons. The molecule has 14 heavy (non-hydrogen) atoms. The van der Waals surface area contributed by atoms with Crippen LogP contribution in [0.1, 0.15) is 11.7 Å². The van der Waals surface area contributed by atoms with Gasteiger partial charge in [-0.25, -0.2) is 0 Å². The first-order valence-corrected chi connectivity index (χ1v) is 4.52. The lowest BCUT2D eigenvalue weighted by Crippen LogP contribution is -2.15. The second kappa shape index (κ2) is 3.40. The third-order valence-electron chi connectivity index (χ3n) is 2.33. The number of hydrogen-bond donors (Lipinski definition) is 2. The topological polar surface area (TPSA) is 64.1 Å². The van der Waals surface area contributed by atoms with E-state index in [0.29, 0.717) is 0 Å². The lowest BCUT2D eigenvalue weighted by molar-refractivity contribution is 0.266. The number of aryl methyl sites for hydroxylation is 1.